The molecule has 5 heteroatoms. The minimum atomic E-state index is -0.0369. The first-order valence-electron chi connectivity index (χ1n) is 8.03. The molecule has 1 heterocycles. The minimum Gasteiger partial charge on any atom is -0.395 e. The molecule has 1 aromatic heterocycles. The van der Waals surface area contributed by atoms with Crippen molar-refractivity contribution in [3.63, 3.8) is 0 Å². The van der Waals surface area contributed by atoms with E-state index in [4.69, 9.17) is 9.84 Å². The number of aromatic nitrogens is 1. The third kappa shape index (κ3) is 3.41. The van der Waals surface area contributed by atoms with Crippen molar-refractivity contribution in [1.29, 1.82) is 0 Å². The fourth-order valence-electron chi connectivity index (χ4n) is 2.96. The number of amides is 1. The van der Waals surface area contributed by atoms with Crippen LogP contribution >= 0.6 is 0 Å². The van der Waals surface area contributed by atoms with E-state index in [2.05, 4.69) is 18.4 Å². The molecule has 0 aliphatic rings. The quantitative estimate of drug-likeness (QED) is 0.852. The lowest BCUT2D eigenvalue weighted by atomic mass is 10.1. The third-order valence-corrected chi connectivity index (χ3v) is 4.44. The zero-order valence-corrected chi connectivity index (χ0v) is 14.4. The summed E-state index contributed by atoms with van der Waals surface area (Å²) < 4.78 is 7.42. The largest absolute Gasteiger partial charge is 0.395 e. The minimum absolute atomic E-state index is 0.0205. The van der Waals surface area contributed by atoms with E-state index in [0.717, 1.165) is 17.4 Å². The highest BCUT2D eigenvalue weighted by Crippen LogP contribution is 2.26. The highest BCUT2D eigenvalue weighted by molar-refractivity contribution is 5.99. The average molecular weight is 318 g/mol. The van der Waals surface area contributed by atoms with Crippen LogP contribution in [0, 0.1) is 13.8 Å². The van der Waals surface area contributed by atoms with E-state index in [1.807, 2.05) is 25.1 Å². The van der Waals surface area contributed by atoms with E-state index in [9.17, 15) is 4.79 Å². The molecule has 2 aromatic rings. The van der Waals surface area contributed by atoms with Gasteiger partial charge in [-0.05, 0) is 44.5 Å². The molecule has 0 unspecified atom stereocenters. The second kappa shape index (κ2) is 7.62. The van der Waals surface area contributed by atoms with Crippen LogP contribution in [0.2, 0.25) is 0 Å². The number of aliphatic hydroxyl groups excluding tert-OH is 1. The maximum absolute atomic E-state index is 12.6. The summed E-state index contributed by atoms with van der Waals surface area (Å²) in [6.45, 7) is 8.48. The van der Waals surface area contributed by atoms with Crippen LogP contribution in [0.15, 0.2) is 18.2 Å². The molecular formula is C18H26N2O3. The van der Waals surface area contributed by atoms with Gasteiger partial charge in [-0.15, -0.1) is 0 Å². The first kappa shape index (κ1) is 17.5. The molecule has 126 valence electrons. The summed E-state index contributed by atoms with van der Waals surface area (Å²) in [4.78, 5) is 14.2. The van der Waals surface area contributed by atoms with Gasteiger partial charge >= 0.3 is 0 Å². The lowest BCUT2D eigenvalue weighted by Gasteiger charge is -2.19. The highest BCUT2D eigenvalue weighted by atomic mass is 16.5. The van der Waals surface area contributed by atoms with Crippen LogP contribution in [0.3, 0.4) is 0 Å². The summed E-state index contributed by atoms with van der Waals surface area (Å²) in [5, 5.41) is 10.2. The number of hydrogen-bond donors (Lipinski definition) is 1. The molecule has 23 heavy (non-hydrogen) atoms. The first-order valence-corrected chi connectivity index (χ1v) is 8.03. The fourth-order valence-corrected chi connectivity index (χ4v) is 2.96. The Morgan fingerprint density at radius 3 is 2.70 bits per heavy atom. The number of hydrogen-bond acceptors (Lipinski definition) is 3. The maximum Gasteiger partial charge on any atom is 0.253 e. The molecule has 1 aromatic carbocycles. The molecule has 0 spiro atoms. The standard InChI is InChI=1S/C18H26N2O3/c1-5-19(8-10-21)18(22)15-6-7-17-16(12-15)13(2)14(3)20(17)9-11-23-4/h6-7,12,21H,5,8-11H2,1-4H3. The van der Waals surface area contributed by atoms with Gasteiger partial charge in [0.25, 0.3) is 5.91 Å². The number of carbonyl (C=O) groups excluding carboxylic acids is 1. The van der Waals surface area contributed by atoms with E-state index >= 15 is 0 Å². The Balaban J connectivity index is 2.43. The number of fused-ring (bicyclic) bond motifs is 1. The second-order valence-electron chi connectivity index (χ2n) is 5.70. The zero-order chi connectivity index (χ0) is 17.0. The molecule has 1 N–H and O–H groups in total. The number of aryl methyl sites for hydroxylation is 1. The van der Waals surface area contributed by atoms with Crippen molar-refractivity contribution < 1.29 is 14.6 Å². The predicted octanol–water partition coefficient (Wildman–Crippen LogP) is 2.36. The SMILES string of the molecule is CCN(CCO)C(=O)c1ccc2c(c1)c(C)c(C)n2CCOC. The number of aliphatic hydroxyl groups is 1. The molecule has 0 fully saturated rings. The topological polar surface area (TPSA) is 54.7 Å². The Hall–Kier alpha value is -1.85. The Bertz CT molecular complexity index is 691. The first-order chi connectivity index (χ1) is 11.0. The van der Waals surface area contributed by atoms with Gasteiger partial charge in [0.1, 0.15) is 0 Å². The van der Waals surface area contributed by atoms with Gasteiger partial charge in [-0.2, -0.15) is 0 Å². The van der Waals surface area contributed by atoms with Crippen molar-refractivity contribution in [2.45, 2.75) is 27.3 Å². The van der Waals surface area contributed by atoms with E-state index in [1.54, 1.807) is 12.0 Å². The van der Waals surface area contributed by atoms with Crippen molar-refractivity contribution in [1.82, 2.24) is 9.47 Å². The van der Waals surface area contributed by atoms with E-state index in [0.29, 0.717) is 25.3 Å². The molecule has 0 saturated carbocycles. The Kier molecular flexibility index (Phi) is 5.80. The van der Waals surface area contributed by atoms with Crippen molar-refractivity contribution in [2.24, 2.45) is 0 Å². The Labute approximate surface area is 137 Å². The van der Waals surface area contributed by atoms with Gasteiger partial charge < -0.3 is 19.3 Å². The van der Waals surface area contributed by atoms with E-state index in [1.165, 1.54) is 11.3 Å². The monoisotopic (exact) mass is 318 g/mol. The number of likely N-dealkylation sites (N-methyl/N-ethyl adjacent to an activating group) is 1. The van der Waals surface area contributed by atoms with Gasteiger partial charge in [0.15, 0.2) is 0 Å². The van der Waals surface area contributed by atoms with E-state index in [-0.39, 0.29) is 12.5 Å². The molecular weight excluding hydrogens is 292 g/mol. The van der Waals surface area contributed by atoms with E-state index < -0.39 is 0 Å². The smallest absolute Gasteiger partial charge is 0.253 e. The second-order valence-corrected chi connectivity index (χ2v) is 5.70. The third-order valence-electron chi connectivity index (χ3n) is 4.44. The Morgan fingerprint density at radius 2 is 2.09 bits per heavy atom. The molecule has 2 rings (SSSR count). The molecule has 5 nitrogen and oxygen atoms in total. The van der Waals surface area contributed by atoms with Crippen molar-refractivity contribution in [2.75, 3.05) is 33.4 Å². The molecule has 0 saturated heterocycles. The van der Waals surface area contributed by atoms with Crippen LogP contribution in [0.25, 0.3) is 10.9 Å². The number of carbonyl (C=O) groups is 1. The number of methoxy groups -OCH3 is 1. The van der Waals surface area contributed by atoms with Crippen molar-refractivity contribution in [3.05, 3.63) is 35.0 Å². The average Bonchev–Trinajstić information content (AvgIpc) is 2.81. The van der Waals surface area contributed by atoms with Crippen LogP contribution in [0.1, 0.15) is 28.5 Å². The fraction of sp³-hybridized carbons (Fsp3) is 0.500. The number of benzene rings is 1. The Morgan fingerprint density at radius 1 is 1.35 bits per heavy atom. The van der Waals surface area contributed by atoms with Gasteiger partial charge in [0, 0.05) is 48.9 Å². The summed E-state index contributed by atoms with van der Waals surface area (Å²) in [5.41, 5.74) is 4.18. The summed E-state index contributed by atoms with van der Waals surface area (Å²) in [6, 6.07) is 5.83. The van der Waals surface area contributed by atoms with Crippen LogP contribution in [-0.2, 0) is 11.3 Å². The van der Waals surface area contributed by atoms with Crippen LogP contribution in [0.4, 0.5) is 0 Å². The summed E-state index contributed by atoms with van der Waals surface area (Å²) in [5.74, 6) is -0.0369. The zero-order valence-electron chi connectivity index (χ0n) is 14.4. The van der Waals surface area contributed by atoms with Crippen molar-refractivity contribution >= 4 is 16.8 Å². The van der Waals surface area contributed by atoms with Crippen LogP contribution in [0.5, 0.6) is 0 Å². The van der Waals surface area contributed by atoms with Gasteiger partial charge in [0.05, 0.1) is 13.2 Å². The molecule has 0 radical (unpaired) electrons. The highest BCUT2D eigenvalue weighted by Gasteiger charge is 2.17. The van der Waals surface area contributed by atoms with Gasteiger partial charge in [-0.1, -0.05) is 0 Å². The van der Waals surface area contributed by atoms with Gasteiger partial charge in [0.2, 0.25) is 0 Å². The summed E-state index contributed by atoms with van der Waals surface area (Å²) in [7, 11) is 1.70. The number of rotatable bonds is 7. The molecule has 0 aliphatic carbocycles. The molecule has 0 atom stereocenters. The molecule has 0 aliphatic heterocycles. The summed E-state index contributed by atoms with van der Waals surface area (Å²) in [6.07, 6.45) is 0. The normalized spacial score (nSPS) is 11.2. The van der Waals surface area contributed by atoms with Crippen LogP contribution in [-0.4, -0.2) is 53.9 Å². The predicted molar refractivity (Wildman–Crippen MR) is 92.0 cm³/mol. The molecule has 0 bridgehead atoms. The van der Waals surface area contributed by atoms with Gasteiger partial charge in [-0.3, -0.25) is 4.79 Å². The molecule has 1 amide bonds. The maximum atomic E-state index is 12.6. The number of ether oxygens (including phenoxy) is 1. The van der Waals surface area contributed by atoms with Crippen molar-refractivity contribution in [3.8, 4) is 0 Å². The van der Waals surface area contributed by atoms with Crippen LogP contribution < -0.4 is 0 Å². The number of nitrogens with zero attached hydrogens (tertiary/aromatic N) is 2. The van der Waals surface area contributed by atoms with Gasteiger partial charge in [-0.25, -0.2) is 0 Å². The summed E-state index contributed by atoms with van der Waals surface area (Å²) >= 11 is 0. The lowest BCUT2D eigenvalue weighted by molar-refractivity contribution is 0.0732. The lowest BCUT2D eigenvalue weighted by Crippen LogP contribution is -2.33.